The van der Waals surface area contributed by atoms with Crippen LogP contribution in [0.2, 0.25) is 0 Å². The summed E-state index contributed by atoms with van der Waals surface area (Å²) in [5.41, 5.74) is 2.84. The maximum atomic E-state index is 12.9. The Kier molecular flexibility index (Phi) is 2.61. The smallest absolute Gasteiger partial charge is 0.123 e. The molecule has 0 N–H and O–H groups in total. The molecule has 0 radical (unpaired) electrons. The van der Waals surface area contributed by atoms with E-state index in [9.17, 15) is 4.39 Å². The molecule has 0 saturated heterocycles. The monoisotopic (exact) mass is 239 g/mol. The molecule has 0 fully saturated rings. The number of benzene rings is 1. The molecule has 0 atom stereocenters. The summed E-state index contributed by atoms with van der Waals surface area (Å²) in [4.78, 5) is 8.14. The van der Waals surface area contributed by atoms with E-state index in [0.29, 0.717) is 0 Å². The Morgan fingerprint density at radius 1 is 0.889 bits per heavy atom. The molecule has 3 rings (SSSR count). The first-order valence-corrected chi connectivity index (χ1v) is 5.53. The molecule has 0 saturated carbocycles. The zero-order valence-corrected chi connectivity index (χ0v) is 9.49. The van der Waals surface area contributed by atoms with Gasteiger partial charge in [-0.1, -0.05) is 0 Å². The van der Waals surface area contributed by atoms with E-state index in [4.69, 9.17) is 0 Å². The molecule has 88 valence electrons. The lowest BCUT2D eigenvalue weighted by atomic mass is 10.2. The van der Waals surface area contributed by atoms with Gasteiger partial charge in [-0.25, -0.2) is 9.37 Å². The second-order valence-corrected chi connectivity index (χ2v) is 3.86. The number of imidazole rings is 1. The topological polar surface area (TPSA) is 30.7 Å². The molecule has 4 heteroatoms. The first-order chi connectivity index (χ1) is 8.84. The number of rotatable bonds is 2. The molecule has 1 aromatic carbocycles. The maximum Gasteiger partial charge on any atom is 0.123 e. The summed E-state index contributed by atoms with van der Waals surface area (Å²) in [6, 6.07) is 10.1. The van der Waals surface area contributed by atoms with Crippen molar-refractivity contribution in [2.24, 2.45) is 0 Å². The summed E-state index contributed by atoms with van der Waals surface area (Å²) in [5, 5.41) is 0. The summed E-state index contributed by atoms with van der Waals surface area (Å²) in [7, 11) is 0. The molecule has 0 bridgehead atoms. The molecule has 18 heavy (non-hydrogen) atoms. The van der Waals surface area contributed by atoms with Gasteiger partial charge in [0.15, 0.2) is 0 Å². The minimum Gasteiger partial charge on any atom is -0.299 e. The summed E-state index contributed by atoms with van der Waals surface area (Å²) < 4.78 is 14.8. The van der Waals surface area contributed by atoms with E-state index in [1.54, 1.807) is 37.1 Å². The van der Waals surface area contributed by atoms with Crippen LogP contribution in [-0.4, -0.2) is 14.5 Å². The van der Waals surface area contributed by atoms with Crippen molar-refractivity contribution in [2.75, 3.05) is 0 Å². The average molecular weight is 239 g/mol. The lowest BCUT2D eigenvalue weighted by Crippen LogP contribution is -1.95. The number of aromatic nitrogens is 3. The van der Waals surface area contributed by atoms with Crippen molar-refractivity contribution in [3.63, 3.8) is 0 Å². The molecule has 2 aromatic heterocycles. The Labute approximate surface area is 104 Å². The Bertz CT molecular complexity index is 644. The van der Waals surface area contributed by atoms with Gasteiger partial charge in [0, 0.05) is 23.6 Å². The van der Waals surface area contributed by atoms with Crippen LogP contribution in [0.1, 0.15) is 0 Å². The van der Waals surface area contributed by atoms with Crippen LogP contribution in [0.15, 0.2) is 61.3 Å². The van der Waals surface area contributed by atoms with Crippen LogP contribution in [0.4, 0.5) is 4.39 Å². The van der Waals surface area contributed by atoms with Gasteiger partial charge in [0.1, 0.15) is 5.82 Å². The third-order valence-electron chi connectivity index (χ3n) is 2.72. The largest absolute Gasteiger partial charge is 0.299 e. The van der Waals surface area contributed by atoms with Crippen LogP contribution in [-0.2, 0) is 0 Å². The van der Waals surface area contributed by atoms with Gasteiger partial charge in [-0.05, 0) is 36.4 Å². The van der Waals surface area contributed by atoms with Crippen LogP contribution in [0.5, 0.6) is 0 Å². The van der Waals surface area contributed by atoms with E-state index in [2.05, 4.69) is 9.97 Å². The van der Waals surface area contributed by atoms with Crippen molar-refractivity contribution >= 4 is 0 Å². The first kappa shape index (κ1) is 10.7. The lowest BCUT2D eigenvalue weighted by molar-refractivity contribution is 0.627. The van der Waals surface area contributed by atoms with Gasteiger partial charge in [-0.3, -0.25) is 9.55 Å². The summed E-state index contributed by atoms with van der Waals surface area (Å²) in [6.45, 7) is 0. The Balaban J connectivity index is 2.10. The number of halogens is 1. The number of hydrogen-bond donors (Lipinski definition) is 0. The van der Waals surface area contributed by atoms with Gasteiger partial charge in [0.25, 0.3) is 0 Å². The van der Waals surface area contributed by atoms with E-state index in [0.717, 1.165) is 16.9 Å². The SMILES string of the molecule is Fc1ccc(-n2cncc2-c2ccncc2)cc1. The van der Waals surface area contributed by atoms with Crippen LogP contribution in [0.3, 0.4) is 0 Å². The van der Waals surface area contributed by atoms with Crippen molar-refractivity contribution in [3.05, 3.63) is 67.1 Å². The molecule has 0 aliphatic heterocycles. The minimum atomic E-state index is -0.246. The van der Waals surface area contributed by atoms with Gasteiger partial charge in [0.05, 0.1) is 18.2 Å². The van der Waals surface area contributed by atoms with Crippen molar-refractivity contribution in [1.29, 1.82) is 0 Å². The van der Waals surface area contributed by atoms with Crippen molar-refractivity contribution in [3.8, 4) is 16.9 Å². The lowest BCUT2D eigenvalue weighted by Gasteiger charge is -2.07. The molecular weight excluding hydrogens is 229 g/mol. The molecule has 2 heterocycles. The van der Waals surface area contributed by atoms with Crippen LogP contribution < -0.4 is 0 Å². The highest BCUT2D eigenvalue weighted by Crippen LogP contribution is 2.21. The molecule has 0 aliphatic rings. The van der Waals surface area contributed by atoms with Gasteiger partial charge in [0.2, 0.25) is 0 Å². The van der Waals surface area contributed by atoms with Crippen molar-refractivity contribution in [2.45, 2.75) is 0 Å². The predicted molar refractivity (Wildman–Crippen MR) is 66.8 cm³/mol. The number of hydrogen-bond acceptors (Lipinski definition) is 2. The summed E-state index contributed by atoms with van der Waals surface area (Å²) in [5.74, 6) is -0.246. The predicted octanol–water partition coefficient (Wildman–Crippen LogP) is 3.07. The maximum absolute atomic E-state index is 12.9. The molecule has 0 unspecified atom stereocenters. The van der Waals surface area contributed by atoms with Gasteiger partial charge in [-0.2, -0.15) is 0 Å². The summed E-state index contributed by atoms with van der Waals surface area (Å²) in [6.07, 6.45) is 6.95. The van der Waals surface area contributed by atoms with Gasteiger partial charge < -0.3 is 0 Å². The van der Waals surface area contributed by atoms with E-state index < -0.39 is 0 Å². The fourth-order valence-corrected chi connectivity index (χ4v) is 1.84. The third-order valence-corrected chi connectivity index (χ3v) is 2.72. The van der Waals surface area contributed by atoms with Crippen LogP contribution in [0, 0.1) is 5.82 Å². The molecular formula is C14H10FN3. The fourth-order valence-electron chi connectivity index (χ4n) is 1.84. The number of nitrogens with zero attached hydrogens (tertiary/aromatic N) is 3. The quantitative estimate of drug-likeness (QED) is 0.688. The highest BCUT2D eigenvalue weighted by Gasteiger charge is 2.06. The first-order valence-electron chi connectivity index (χ1n) is 5.53. The van der Waals surface area contributed by atoms with Crippen LogP contribution >= 0.6 is 0 Å². The average Bonchev–Trinajstić information content (AvgIpc) is 2.90. The highest BCUT2D eigenvalue weighted by atomic mass is 19.1. The molecule has 3 nitrogen and oxygen atoms in total. The van der Waals surface area contributed by atoms with E-state index in [-0.39, 0.29) is 5.82 Å². The van der Waals surface area contributed by atoms with E-state index in [1.165, 1.54) is 12.1 Å². The Morgan fingerprint density at radius 2 is 1.61 bits per heavy atom. The second kappa shape index (κ2) is 4.41. The second-order valence-electron chi connectivity index (χ2n) is 3.86. The zero-order chi connectivity index (χ0) is 12.4. The van der Waals surface area contributed by atoms with Crippen molar-refractivity contribution in [1.82, 2.24) is 14.5 Å². The van der Waals surface area contributed by atoms with E-state index >= 15 is 0 Å². The Hall–Kier alpha value is -2.49. The van der Waals surface area contributed by atoms with Crippen molar-refractivity contribution < 1.29 is 4.39 Å². The van der Waals surface area contributed by atoms with Gasteiger partial charge >= 0.3 is 0 Å². The molecule has 0 amide bonds. The molecule has 3 aromatic rings. The normalized spacial score (nSPS) is 10.5. The van der Waals surface area contributed by atoms with Gasteiger partial charge in [-0.15, -0.1) is 0 Å². The van der Waals surface area contributed by atoms with E-state index in [1.807, 2.05) is 16.7 Å². The number of pyridine rings is 1. The standard InChI is InChI=1S/C14H10FN3/c15-12-1-3-13(4-2-12)18-10-17-9-14(18)11-5-7-16-8-6-11/h1-10H. The molecule has 0 aliphatic carbocycles. The fraction of sp³-hybridized carbons (Fsp3) is 0. The minimum absolute atomic E-state index is 0.246. The summed E-state index contributed by atoms with van der Waals surface area (Å²) >= 11 is 0. The Morgan fingerprint density at radius 3 is 2.33 bits per heavy atom. The zero-order valence-electron chi connectivity index (χ0n) is 9.49. The molecule has 0 spiro atoms. The van der Waals surface area contributed by atoms with Crippen LogP contribution in [0.25, 0.3) is 16.9 Å². The highest BCUT2D eigenvalue weighted by molar-refractivity contribution is 5.60. The third kappa shape index (κ3) is 1.88.